The quantitative estimate of drug-likeness (QED) is 0.795. The lowest BCUT2D eigenvalue weighted by atomic mass is 10.3. The predicted molar refractivity (Wildman–Crippen MR) is 74.1 cm³/mol. The van der Waals surface area contributed by atoms with Gasteiger partial charge in [0.1, 0.15) is 5.69 Å². The van der Waals surface area contributed by atoms with Gasteiger partial charge in [0.2, 0.25) is 5.43 Å². The lowest BCUT2D eigenvalue weighted by Crippen LogP contribution is -2.18. The molecule has 1 aromatic carbocycles. The average molecular weight is 304 g/mol. The van der Waals surface area contributed by atoms with Gasteiger partial charge < -0.3 is 0 Å². The topological polar surface area (TPSA) is 34.9 Å². The van der Waals surface area contributed by atoms with Crippen LogP contribution in [0.4, 0.5) is 0 Å². The molecule has 0 amide bonds. The van der Waals surface area contributed by atoms with E-state index < -0.39 is 0 Å². The van der Waals surface area contributed by atoms with E-state index >= 15 is 0 Å². The standard InChI is InChI=1S/C12H9Cl3N2O/c1-7-5-11(18)9(6-13)16-17(7)10-4-2-3-8(14)12(10)15/h2-5H,6H2,1H3. The fourth-order valence-electron chi connectivity index (χ4n) is 1.58. The number of alkyl halides is 1. The first-order valence-corrected chi connectivity index (χ1v) is 6.44. The van der Waals surface area contributed by atoms with Crippen molar-refractivity contribution in [3.63, 3.8) is 0 Å². The van der Waals surface area contributed by atoms with Crippen LogP contribution in [-0.4, -0.2) is 9.78 Å². The zero-order chi connectivity index (χ0) is 13.3. The summed E-state index contributed by atoms with van der Waals surface area (Å²) in [7, 11) is 0. The highest BCUT2D eigenvalue weighted by Gasteiger charge is 2.11. The molecule has 18 heavy (non-hydrogen) atoms. The van der Waals surface area contributed by atoms with Gasteiger partial charge in [-0.1, -0.05) is 29.3 Å². The summed E-state index contributed by atoms with van der Waals surface area (Å²) in [5.74, 6) is 0.0529. The SMILES string of the molecule is Cc1cc(=O)c(CCl)nn1-c1cccc(Cl)c1Cl. The Morgan fingerprint density at radius 1 is 1.33 bits per heavy atom. The Hall–Kier alpha value is -1.03. The second-order valence-electron chi connectivity index (χ2n) is 3.72. The molecule has 0 atom stereocenters. The number of hydrogen-bond acceptors (Lipinski definition) is 2. The maximum atomic E-state index is 11.6. The normalized spacial score (nSPS) is 10.7. The fraction of sp³-hybridized carbons (Fsp3) is 0.167. The molecular formula is C12H9Cl3N2O. The van der Waals surface area contributed by atoms with Gasteiger partial charge in [0.15, 0.2) is 0 Å². The molecule has 0 aliphatic rings. The zero-order valence-electron chi connectivity index (χ0n) is 9.45. The van der Waals surface area contributed by atoms with Gasteiger partial charge in [0, 0.05) is 11.8 Å². The Balaban J connectivity index is 2.71. The van der Waals surface area contributed by atoms with Gasteiger partial charge in [0.25, 0.3) is 0 Å². The van der Waals surface area contributed by atoms with Crippen LogP contribution >= 0.6 is 34.8 Å². The van der Waals surface area contributed by atoms with Gasteiger partial charge in [-0.15, -0.1) is 11.6 Å². The first kappa shape index (κ1) is 13.4. The first-order chi connectivity index (χ1) is 8.54. The molecule has 0 saturated heterocycles. The number of aryl methyl sites for hydroxylation is 1. The summed E-state index contributed by atoms with van der Waals surface area (Å²) in [4.78, 5) is 11.6. The summed E-state index contributed by atoms with van der Waals surface area (Å²) >= 11 is 17.8. The molecule has 0 aliphatic heterocycles. The van der Waals surface area contributed by atoms with E-state index in [1.165, 1.54) is 6.07 Å². The third-order valence-electron chi connectivity index (χ3n) is 2.47. The van der Waals surface area contributed by atoms with Crippen molar-refractivity contribution in [2.75, 3.05) is 0 Å². The van der Waals surface area contributed by atoms with Crippen LogP contribution in [-0.2, 0) is 5.88 Å². The third kappa shape index (κ3) is 2.39. The molecule has 0 spiro atoms. The van der Waals surface area contributed by atoms with Crippen molar-refractivity contribution in [3.05, 3.63) is 55.9 Å². The highest BCUT2D eigenvalue weighted by Crippen LogP contribution is 2.28. The number of rotatable bonds is 2. The number of aromatic nitrogens is 2. The van der Waals surface area contributed by atoms with Crippen molar-refractivity contribution < 1.29 is 0 Å². The fourth-order valence-corrected chi connectivity index (χ4v) is 2.14. The van der Waals surface area contributed by atoms with Gasteiger partial charge in [-0.3, -0.25) is 4.79 Å². The predicted octanol–water partition coefficient (Wildman–Crippen LogP) is 3.59. The highest BCUT2D eigenvalue weighted by molar-refractivity contribution is 6.43. The Morgan fingerprint density at radius 2 is 2.06 bits per heavy atom. The molecule has 6 heteroatoms. The Kier molecular flexibility index (Phi) is 3.95. The van der Waals surface area contributed by atoms with Crippen LogP contribution in [0.2, 0.25) is 10.0 Å². The molecule has 2 aromatic rings. The monoisotopic (exact) mass is 302 g/mol. The van der Waals surface area contributed by atoms with Crippen LogP contribution in [0.5, 0.6) is 0 Å². The summed E-state index contributed by atoms with van der Waals surface area (Å²) < 4.78 is 1.56. The zero-order valence-corrected chi connectivity index (χ0v) is 11.7. The van der Waals surface area contributed by atoms with Crippen molar-refractivity contribution in [1.29, 1.82) is 0 Å². The Labute approximate surface area is 119 Å². The van der Waals surface area contributed by atoms with Gasteiger partial charge in [-0.2, -0.15) is 5.10 Å². The Bertz CT molecular complexity index is 652. The molecule has 2 rings (SSSR count). The summed E-state index contributed by atoms with van der Waals surface area (Å²) in [5.41, 5.74) is 1.38. The lowest BCUT2D eigenvalue weighted by molar-refractivity contribution is 0.773. The molecule has 0 N–H and O–H groups in total. The van der Waals surface area contributed by atoms with Crippen molar-refractivity contribution >= 4 is 34.8 Å². The number of halogens is 3. The lowest BCUT2D eigenvalue weighted by Gasteiger charge is -2.12. The molecule has 0 radical (unpaired) electrons. The average Bonchev–Trinajstić information content (AvgIpc) is 2.34. The molecule has 1 aromatic heterocycles. The summed E-state index contributed by atoms with van der Waals surface area (Å²) in [6.45, 7) is 1.77. The molecule has 3 nitrogen and oxygen atoms in total. The van der Waals surface area contributed by atoms with E-state index in [0.29, 0.717) is 21.4 Å². The van der Waals surface area contributed by atoms with Gasteiger partial charge in [-0.25, -0.2) is 4.68 Å². The summed E-state index contributed by atoms with van der Waals surface area (Å²) in [5, 5.41) is 5.01. The van der Waals surface area contributed by atoms with Crippen LogP contribution in [0, 0.1) is 6.92 Å². The molecule has 0 fully saturated rings. The van der Waals surface area contributed by atoms with Crippen molar-refractivity contribution in [3.8, 4) is 5.69 Å². The molecule has 1 heterocycles. The molecular weight excluding hydrogens is 295 g/mol. The largest absolute Gasteiger partial charge is 0.288 e. The molecule has 0 aliphatic carbocycles. The van der Waals surface area contributed by atoms with E-state index in [1.54, 1.807) is 29.8 Å². The molecule has 94 valence electrons. The van der Waals surface area contributed by atoms with E-state index in [2.05, 4.69) is 5.10 Å². The van der Waals surface area contributed by atoms with Gasteiger partial charge >= 0.3 is 0 Å². The van der Waals surface area contributed by atoms with E-state index in [9.17, 15) is 4.79 Å². The van der Waals surface area contributed by atoms with Crippen molar-refractivity contribution in [1.82, 2.24) is 9.78 Å². The van der Waals surface area contributed by atoms with Crippen LogP contribution in [0.15, 0.2) is 29.1 Å². The smallest absolute Gasteiger partial charge is 0.204 e. The second kappa shape index (κ2) is 5.31. The maximum Gasteiger partial charge on any atom is 0.204 e. The highest BCUT2D eigenvalue weighted by atomic mass is 35.5. The minimum Gasteiger partial charge on any atom is -0.288 e. The van der Waals surface area contributed by atoms with E-state index in [0.717, 1.165) is 0 Å². The summed E-state index contributed by atoms with van der Waals surface area (Å²) in [6, 6.07) is 6.70. The second-order valence-corrected chi connectivity index (χ2v) is 4.77. The van der Waals surface area contributed by atoms with Gasteiger partial charge in [-0.05, 0) is 19.1 Å². The van der Waals surface area contributed by atoms with Crippen LogP contribution < -0.4 is 5.43 Å². The molecule has 0 unspecified atom stereocenters. The molecule has 0 saturated carbocycles. The number of benzene rings is 1. The van der Waals surface area contributed by atoms with Gasteiger partial charge in [0.05, 0.1) is 21.6 Å². The summed E-state index contributed by atoms with van der Waals surface area (Å²) in [6.07, 6.45) is 0. The maximum absolute atomic E-state index is 11.6. The van der Waals surface area contributed by atoms with Crippen molar-refractivity contribution in [2.24, 2.45) is 0 Å². The minimum absolute atomic E-state index is 0.0529. The minimum atomic E-state index is -0.183. The third-order valence-corrected chi connectivity index (χ3v) is 3.53. The van der Waals surface area contributed by atoms with E-state index in [4.69, 9.17) is 34.8 Å². The van der Waals surface area contributed by atoms with E-state index in [1.807, 2.05) is 0 Å². The van der Waals surface area contributed by atoms with Crippen LogP contribution in [0.1, 0.15) is 11.4 Å². The van der Waals surface area contributed by atoms with Crippen LogP contribution in [0.3, 0.4) is 0 Å². The van der Waals surface area contributed by atoms with E-state index in [-0.39, 0.29) is 17.0 Å². The number of nitrogens with zero attached hydrogens (tertiary/aromatic N) is 2. The van der Waals surface area contributed by atoms with Crippen LogP contribution in [0.25, 0.3) is 5.69 Å². The number of hydrogen-bond donors (Lipinski definition) is 0. The first-order valence-electron chi connectivity index (χ1n) is 5.15. The Morgan fingerprint density at radius 3 is 2.72 bits per heavy atom. The molecule has 0 bridgehead atoms. The van der Waals surface area contributed by atoms with Crippen molar-refractivity contribution in [2.45, 2.75) is 12.8 Å².